The zero-order chi connectivity index (χ0) is 15.4. The Morgan fingerprint density at radius 3 is 2.71 bits per heavy atom. The van der Waals surface area contributed by atoms with Crippen molar-refractivity contribution in [3.63, 3.8) is 0 Å². The highest BCUT2D eigenvalue weighted by atomic mass is 16.2. The Morgan fingerprint density at radius 1 is 1.29 bits per heavy atom. The predicted molar refractivity (Wildman–Crippen MR) is 87.5 cm³/mol. The molecule has 1 aliphatic rings. The molecule has 2 unspecified atom stereocenters. The van der Waals surface area contributed by atoms with Crippen molar-refractivity contribution >= 4 is 5.91 Å². The van der Waals surface area contributed by atoms with Gasteiger partial charge in [-0.3, -0.25) is 4.79 Å². The number of nitrogens with zero attached hydrogens (tertiary/aromatic N) is 1. The summed E-state index contributed by atoms with van der Waals surface area (Å²) in [6.45, 7) is 10.3. The number of carbonyl (C=O) groups excluding carboxylic acids is 1. The lowest BCUT2D eigenvalue weighted by atomic mass is 10.00. The Kier molecular flexibility index (Phi) is 5.40. The molecule has 21 heavy (non-hydrogen) atoms. The highest BCUT2D eigenvalue weighted by molar-refractivity contribution is 5.79. The highest BCUT2D eigenvalue weighted by Crippen LogP contribution is 2.17. The standard InChI is InChI=1S/C18H28N2O/c1-5-16-12-20(17(6-2)11-19-16)18(21)10-15-9-13(3)7-8-14(15)4/h7-9,16-17,19H,5-6,10-12H2,1-4H3. The maximum Gasteiger partial charge on any atom is 0.227 e. The largest absolute Gasteiger partial charge is 0.337 e. The number of hydrogen-bond donors (Lipinski definition) is 1. The van der Waals surface area contributed by atoms with Crippen molar-refractivity contribution in [1.82, 2.24) is 10.2 Å². The molecule has 1 saturated heterocycles. The molecule has 3 heteroatoms. The van der Waals surface area contributed by atoms with Gasteiger partial charge in [0.05, 0.1) is 6.42 Å². The molecular weight excluding hydrogens is 260 g/mol. The van der Waals surface area contributed by atoms with Crippen molar-refractivity contribution in [3.8, 4) is 0 Å². The van der Waals surface area contributed by atoms with E-state index in [1.165, 1.54) is 16.7 Å². The van der Waals surface area contributed by atoms with E-state index in [1.54, 1.807) is 0 Å². The van der Waals surface area contributed by atoms with Crippen molar-refractivity contribution in [2.24, 2.45) is 0 Å². The van der Waals surface area contributed by atoms with Crippen molar-refractivity contribution in [2.75, 3.05) is 13.1 Å². The maximum absolute atomic E-state index is 12.8. The van der Waals surface area contributed by atoms with Crippen LogP contribution in [0.25, 0.3) is 0 Å². The average Bonchev–Trinajstić information content (AvgIpc) is 2.50. The molecule has 1 fully saturated rings. The minimum atomic E-state index is 0.274. The first kappa shape index (κ1) is 16.0. The predicted octanol–water partition coefficient (Wildman–Crippen LogP) is 2.83. The van der Waals surface area contributed by atoms with Gasteiger partial charge in [0.15, 0.2) is 0 Å². The lowest BCUT2D eigenvalue weighted by Crippen LogP contribution is -2.58. The van der Waals surface area contributed by atoms with Crippen molar-refractivity contribution < 1.29 is 4.79 Å². The number of hydrogen-bond acceptors (Lipinski definition) is 2. The van der Waals surface area contributed by atoms with Gasteiger partial charge < -0.3 is 10.2 Å². The molecular formula is C18H28N2O. The molecule has 1 heterocycles. The molecule has 0 aromatic heterocycles. The van der Waals surface area contributed by atoms with Gasteiger partial charge in [0, 0.05) is 25.2 Å². The van der Waals surface area contributed by atoms with Crippen LogP contribution in [-0.4, -0.2) is 36.0 Å². The van der Waals surface area contributed by atoms with Crippen LogP contribution in [-0.2, 0) is 11.2 Å². The lowest BCUT2D eigenvalue weighted by molar-refractivity contribution is -0.134. The second kappa shape index (κ2) is 7.08. The second-order valence-electron chi connectivity index (χ2n) is 6.23. The summed E-state index contributed by atoms with van der Waals surface area (Å²) < 4.78 is 0. The SMILES string of the molecule is CCC1CN(C(=O)Cc2cc(C)ccc2C)C(CC)CN1. The Labute approximate surface area is 128 Å². The van der Waals surface area contributed by atoms with Crippen LogP contribution in [0.5, 0.6) is 0 Å². The Bertz CT molecular complexity index is 498. The topological polar surface area (TPSA) is 32.3 Å². The fourth-order valence-corrected chi connectivity index (χ4v) is 3.06. The van der Waals surface area contributed by atoms with Crippen LogP contribution in [0.4, 0.5) is 0 Å². The fraction of sp³-hybridized carbons (Fsp3) is 0.611. The quantitative estimate of drug-likeness (QED) is 0.924. The number of piperazine rings is 1. The van der Waals surface area contributed by atoms with Gasteiger partial charge in [0.2, 0.25) is 5.91 Å². The molecule has 0 aliphatic carbocycles. The van der Waals surface area contributed by atoms with E-state index < -0.39 is 0 Å². The number of aryl methyl sites for hydroxylation is 2. The number of amides is 1. The molecule has 2 atom stereocenters. The number of carbonyl (C=O) groups is 1. The van der Waals surface area contributed by atoms with Gasteiger partial charge in [0.25, 0.3) is 0 Å². The first-order valence-corrected chi connectivity index (χ1v) is 8.14. The molecule has 0 radical (unpaired) electrons. The summed E-state index contributed by atoms with van der Waals surface area (Å²) in [4.78, 5) is 14.9. The van der Waals surface area contributed by atoms with E-state index in [9.17, 15) is 4.79 Å². The Balaban J connectivity index is 2.11. The monoisotopic (exact) mass is 288 g/mol. The molecule has 1 aromatic carbocycles. The van der Waals surface area contributed by atoms with E-state index in [4.69, 9.17) is 0 Å². The van der Waals surface area contributed by atoms with Crippen LogP contribution in [0.15, 0.2) is 18.2 Å². The Morgan fingerprint density at radius 2 is 2.05 bits per heavy atom. The zero-order valence-corrected chi connectivity index (χ0v) is 13.8. The molecule has 0 saturated carbocycles. The van der Waals surface area contributed by atoms with Gasteiger partial charge in [-0.1, -0.05) is 37.6 Å². The van der Waals surface area contributed by atoms with Crippen molar-refractivity contribution in [1.29, 1.82) is 0 Å². The van der Waals surface area contributed by atoms with Gasteiger partial charge >= 0.3 is 0 Å². The molecule has 1 aliphatic heterocycles. The smallest absolute Gasteiger partial charge is 0.227 e. The van der Waals surface area contributed by atoms with Crippen LogP contribution < -0.4 is 5.32 Å². The van der Waals surface area contributed by atoms with Crippen LogP contribution in [0, 0.1) is 13.8 Å². The van der Waals surface area contributed by atoms with Crippen LogP contribution >= 0.6 is 0 Å². The molecule has 1 N–H and O–H groups in total. The van der Waals surface area contributed by atoms with Crippen LogP contribution in [0.1, 0.15) is 43.4 Å². The van der Waals surface area contributed by atoms with Gasteiger partial charge in [-0.15, -0.1) is 0 Å². The van der Waals surface area contributed by atoms with Gasteiger partial charge in [-0.25, -0.2) is 0 Å². The molecule has 1 amide bonds. The first-order valence-electron chi connectivity index (χ1n) is 8.14. The summed E-state index contributed by atoms with van der Waals surface area (Å²) in [6, 6.07) is 7.15. The van der Waals surface area contributed by atoms with Crippen molar-refractivity contribution in [2.45, 2.75) is 59.0 Å². The number of nitrogens with one attached hydrogen (secondary N) is 1. The van der Waals surface area contributed by atoms with Gasteiger partial charge in [0.1, 0.15) is 0 Å². The zero-order valence-electron chi connectivity index (χ0n) is 13.8. The van der Waals surface area contributed by atoms with E-state index in [0.29, 0.717) is 18.5 Å². The second-order valence-corrected chi connectivity index (χ2v) is 6.23. The van der Waals surface area contributed by atoms with Crippen molar-refractivity contribution in [3.05, 3.63) is 34.9 Å². The van der Waals surface area contributed by atoms with E-state index in [-0.39, 0.29) is 5.91 Å². The molecule has 2 rings (SSSR count). The van der Waals surface area contributed by atoms with E-state index in [2.05, 4.69) is 56.1 Å². The van der Waals surface area contributed by atoms with E-state index in [1.807, 2.05) is 0 Å². The summed E-state index contributed by atoms with van der Waals surface area (Å²) in [5.41, 5.74) is 3.60. The minimum Gasteiger partial charge on any atom is -0.337 e. The third-order valence-electron chi connectivity index (χ3n) is 4.63. The maximum atomic E-state index is 12.8. The molecule has 0 bridgehead atoms. The summed E-state index contributed by atoms with van der Waals surface area (Å²) in [5.74, 6) is 0.274. The average molecular weight is 288 g/mol. The highest BCUT2D eigenvalue weighted by Gasteiger charge is 2.29. The van der Waals surface area contributed by atoms with Gasteiger partial charge in [-0.2, -0.15) is 0 Å². The molecule has 116 valence electrons. The van der Waals surface area contributed by atoms with Crippen LogP contribution in [0.2, 0.25) is 0 Å². The third-order valence-corrected chi connectivity index (χ3v) is 4.63. The van der Waals surface area contributed by atoms with E-state index in [0.717, 1.165) is 25.9 Å². The molecule has 3 nitrogen and oxygen atoms in total. The normalized spacial score (nSPS) is 22.4. The lowest BCUT2D eigenvalue weighted by Gasteiger charge is -2.40. The number of rotatable bonds is 4. The minimum absolute atomic E-state index is 0.274. The molecule has 1 aromatic rings. The van der Waals surface area contributed by atoms with Crippen LogP contribution in [0.3, 0.4) is 0 Å². The summed E-state index contributed by atoms with van der Waals surface area (Å²) in [6.07, 6.45) is 2.62. The fourth-order valence-electron chi connectivity index (χ4n) is 3.06. The Hall–Kier alpha value is -1.35. The summed E-state index contributed by atoms with van der Waals surface area (Å²) in [5, 5.41) is 3.55. The molecule has 0 spiro atoms. The summed E-state index contributed by atoms with van der Waals surface area (Å²) in [7, 11) is 0. The van der Waals surface area contributed by atoms with Gasteiger partial charge in [-0.05, 0) is 37.8 Å². The van der Waals surface area contributed by atoms with E-state index >= 15 is 0 Å². The number of benzene rings is 1. The first-order chi connectivity index (χ1) is 10.0. The third kappa shape index (κ3) is 3.85. The summed E-state index contributed by atoms with van der Waals surface area (Å²) >= 11 is 0.